The van der Waals surface area contributed by atoms with Crippen LogP contribution in [-0.2, 0) is 30.5 Å². The molecule has 0 bridgehead atoms. The molecule has 0 saturated carbocycles. The predicted molar refractivity (Wildman–Crippen MR) is 142 cm³/mol. The Morgan fingerprint density at radius 1 is 1.15 bits per heavy atom. The van der Waals surface area contributed by atoms with Gasteiger partial charge in [0.2, 0.25) is 5.91 Å². The van der Waals surface area contributed by atoms with Crippen LogP contribution in [0.2, 0.25) is 0 Å². The quantitative estimate of drug-likeness (QED) is 0.246. The van der Waals surface area contributed by atoms with Crippen molar-refractivity contribution in [2.24, 2.45) is 0 Å². The van der Waals surface area contributed by atoms with Gasteiger partial charge in [0.15, 0.2) is 0 Å². The first-order valence-electron chi connectivity index (χ1n) is 12.2. The van der Waals surface area contributed by atoms with Gasteiger partial charge < -0.3 is 5.32 Å². The Kier molecular flexibility index (Phi) is 7.11. The molecule has 5 rings (SSSR count). The zero-order valence-electron chi connectivity index (χ0n) is 19.8. The molecule has 1 amide bonds. The molecule has 7 heteroatoms. The van der Waals surface area contributed by atoms with Gasteiger partial charge in [0, 0.05) is 17.1 Å². The summed E-state index contributed by atoms with van der Waals surface area (Å²) < 4.78 is 1.06. The van der Waals surface area contributed by atoms with E-state index in [0.717, 1.165) is 52.2 Å². The number of thiophene rings is 1. The SMILES string of the molecule is CCCc1nc2sc3c(SCC(=O)NC(C)Cc4ccccc4)ncnc3c2c2c1CCCC2. The average Bonchev–Trinajstić information content (AvgIpc) is 3.23. The van der Waals surface area contributed by atoms with Crippen molar-refractivity contribution in [2.45, 2.75) is 69.9 Å². The third kappa shape index (κ3) is 4.82. The van der Waals surface area contributed by atoms with Gasteiger partial charge in [-0.05, 0) is 62.1 Å². The van der Waals surface area contributed by atoms with Gasteiger partial charge in [-0.15, -0.1) is 11.3 Å². The van der Waals surface area contributed by atoms with E-state index >= 15 is 0 Å². The minimum Gasteiger partial charge on any atom is -0.353 e. The van der Waals surface area contributed by atoms with Crippen molar-refractivity contribution >= 4 is 49.4 Å². The zero-order valence-corrected chi connectivity index (χ0v) is 21.4. The van der Waals surface area contributed by atoms with Crippen LogP contribution in [0.15, 0.2) is 41.7 Å². The van der Waals surface area contributed by atoms with E-state index in [-0.39, 0.29) is 11.9 Å². The number of aryl methyl sites for hydroxylation is 2. The average molecular weight is 491 g/mol. The number of carbonyl (C=O) groups is 1. The van der Waals surface area contributed by atoms with E-state index in [4.69, 9.17) is 4.98 Å². The van der Waals surface area contributed by atoms with E-state index in [9.17, 15) is 4.79 Å². The number of nitrogens with zero attached hydrogens (tertiary/aromatic N) is 3. The van der Waals surface area contributed by atoms with Gasteiger partial charge in [-0.1, -0.05) is 55.4 Å². The molecule has 3 heterocycles. The zero-order chi connectivity index (χ0) is 23.5. The molecule has 0 aliphatic heterocycles. The Morgan fingerprint density at radius 3 is 2.74 bits per heavy atom. The van der Waals surface area contributed by atoms with E-state index in [1.807, 2.05) is 25.1 Å². The molecule has 0 radical (unpaired) electrons. The molecule has 1 aliphatic rings. The number of hydrogen-bond acceptors (Lipinski definition) is 6. The van der Waals surface area contributed by atoms with Gasteiger partial charge in [0.05, 0.1) is 16.0 Å². The highest BCUT2D eigenvalue weighted by Gasteiger charge is 2.23. The van der Waals surface area contributed by atoms with Crippen molar-refractivity contribution in [3.63, 3.8) is 0 Å². The van der Waals surface area contributed by atoms with E-state index in [1.165, 1.54) is 52.4 Å². The smallest absolute Gasteiger partial charge is 0.230 e. The first-order valence-corrected chi connectivity index (χ1v) is 14.0. The number of amides is 1. The summed E-state index contributed by atoms with van der Waals surface area (Å²) in [6.45, 7) is 4.27. The highest BCUT2D eigenvalue weighted by Crippen LogP contribution is 2.41. The van der Waals surface area contributed by atoms with Gasteiger partial charge in [-0.2, -0.15) is 0 Å². The lowest BCUT2D eigenvalue weighted by atomic mass is 9.88. The molecule has 1 aromatic carbocycles. The maximum absolute atomic E-state index is 12.6. The highest BCUT2D eigenvalue weighted by atomic mass is 32.2. The van der Waals surface area contributed by atoms with Crippen molar-refractivity contribution in [3.05, 3.63) is 59.0 Å². The van der Waals surface area contributed by atoms with E-state index in [0.29, 0.717) is 5.75 Å². The van der Waals surface area contributed by atoms with Gasteiger partial charge in [-0.3, -0.25) is 4.79 Å². The van der Waals surface area contributed by atoms with Gasteiger partial charge in [0.25, 0.3) is 0 Å². The first-order chi connectivity index (χ1) is 16.6. The number of thioether (sulfide) groups is 1. The van der Waals surface area contributed by atoms with Crippen LogP contribution >= 0.6 is 23.1 Å². The van der Waals surface area contributed by atoms with Crippen LogP contribution in [0.4, 0.5) is 0 Å². The topological polar surface area (TPSA) is 67.8 Å². The molecule has 4 aromatic rings. The van der Waals surface area contributed by atoms with Gasteiger partial charge in [0.1, 0.15) is 16.2 Å². The van der Waals surface area contributed by atoms with Crippen molar-refractivity contribution in [1.82, 2.24) is 20.3 Å². The summed E-state index contributed by atoms with van der Waals surface area (Å²) in [5.41, 5.74) is 6.41. The number of carbonyl (C=O) groups excluding carboxylic acids is 1. The fourth-order valence-electron chi connectivity index (χ4n) is 4.93. The van der Waals surface area contributed by atoms with Crippen LogP contribution in [0.5, 0.6) is 0 Å². The molecule has 1 atom stereocenters. The number of pyridine rings is 1. The molecule has 0 fully saturated rings. The van der Waals surface area contributed by atoms with Crippen LogP contribution in [0.1, 0.15) is 55.5 Å². The second-order valence-corrected chi connectivity index (χ2v) is 11.0. The standard InChI is InChI=1S/C27H30N4OS2/c1-3-9-21-19-12-7-8-13-20(19)23-24-25(34-26(23)31-21)27(29-16-28-24)33-15-22(32)30-17(2)14-18-10-5-4-6-11-18/h4-6,10-11,16-17H,3,7-9,12-15H2,1-2H3,(H,30,32). The fourth-order valence-corrected chi connectivity index (χ4v) is 7.00. The summed E-state index contributed by atoms with van der Waals surface area (Å²) in [5.74, 6) is 0.369. The molecular weight excluding hydrogens is 460 g/mol. The summed E-state index contributed by atoms with van der Waals surface area (Å²) in [6, 6.07) is 10.3. The normalized spacial score (nSPS) is 14.3. The Morgan fingerprint density at radius 2 is 1.94 bits per heavy atom. The number of benzene rings is 1. The van der Waals surface area contributed by atoms with E-state index in [1.54, 1.807) is 17.7 Å². The van der Waals surface area contributed by atoms with Gasteiger partial charge in [-0.25, -0.2) is 15.0 Å². The second kappa shape index (κ2) is 10.4. The minimum atomic E-state index is 0.0297. The monoisotopic (exact) mass is 490 g/mol. The molecule has 0 spiro atoms. The minimum absolute atomic E-state index is 0.0297. The molecular formula is C27H30N4OS2. The second-order valence-electron chi connectivity index (χ2n) is 9.06. The summed E-state index contributed by atoms with van der Waals surface area (Å²) in [4.78, 5) is 28.0. The van der Waals surface area contributed by atoms with Crippen LogP contribution in [0.25, 0.3) is 20.4 Å². The molecule has 1 unspecified atom stereocenters. The summed E-state index contributed by atoms with van der Waals surface area (Å²) >= 11 is 3.17. The molecule has 5 nitrogen and oxygen atoms in total. The third-order valence-electron chi connectivity index (χ3n) is 6.39. The van der Waals surface area contributed by atoms with Crippen molar-refractivity contribution < 1.29 is 4.79 Å². The molecule has 34 heavy (non-hydrogen) atoms. The maximum atomic E-state index is 12.6. The van der Waals surface area contributed by atoms with Crippen LogP contribution in [0, 0.1) is 0 Å². The lowest BCUT2D eigenvalue weighted by molar-refractivity contribution is -0.119. The number of rotatable bonds is 8. The predicted octanol–water partition coefficient (Wildman–Crippen LogP) is 5.91. The highest BCUT2D eigenvalue weighted by molar-refractivity contribution is 8.00. The lowest BCUT2D eigenvalue weighted by Gasteiger charge is -2.19. The maximum Gasteiger partial charge on any atom is 0.230 e. The lowest BCUT2D eigenvalue weighted by Crippen LogP contribution is -2.35. The summed E-state index contributed by atoms with van der Waals surface area (Å²) in [7, 11) is 0. The number of hydrogen-bond donors (Lipinski definition) is 1. The molecule has 0 saturated heterocycles. The summed E-state index contributed by atoms with van der Waals surface area (Å²) in [5, 5.41) is 5.22. The number of aromatic nitrogens is 3. The third-order valence-corrected chi connectivity index (χ3v) is 8.59. The van der Waals surface area contributed by atoms with Crippen LogP contribution in [0.3, 0.4) is 0 Å². The molecule has 3 aromatic heterocycles. The van der Waals surface area contributed by atoms with Gasteiger partial charge >= 0.3 is 0 Å². The Hall–Kier alpha value is -2.51. The largest absolute Gasteiger partial charge is 0.353 e. The van der Waals surface area contributed by atoms with E-state index in [2.05, 4.69) is 34.3 Å². The van der Waals surface area contributed by atoms with Crippen molar-refractivity contribution in [2.75, 3.05) is 5.75 Å². The number of fused-ring (bicyclic) bond motifs is 5. The van der Waals surface area contributed by atoms with Crippen LogP contribution in [-0.4, -0.2) is 32.7 Å². The Balaban J connectivity index is 1.37. The number of nitrogens with one attached hydrogen (secondary N) is 1. The van der Waals surface area contributed by atoms with Crippen molar-refractivity contribution in [1.29, 1.82) is 0 Å². The molecule has 1 aliphatic carbocycles. The fraction of sp³-hybridized carbons (Fsp3) is 0.407. The van der Waals surface area contributed by atoms with Crippen molar-refractivity contribution in [3.8, 4) is 0 Å². The van der Waals surface area contributed by atoms with E-state index < -0.39 is 0 Å². The Labute approximate surface area is 208 Å². The molecule has 176 valence electrons. The molecule has 1 N–H and O–H groups in total. The Bertz CT molecular complexity index is 1320. The summed E-state index contributed by atoms with van der Waals surface area (Å²) in [6.07, 6.45) is 9.29. The first kappa shape index (κ1) is 23.2. The van der Waals surface area contributed by atoms with Crippen LogP contribution < -0.4 is 5.32 Å².